The second-order valence-corrected chi connectivity index (χ2v) is 4.94. The number of esters is 1. The summed E-state index contributed by atoms with van der Waals surface area (Å²) in [5.74, 6) is -0.359. The summed E-state index contributed by atoms with van der Waals surface area (Å²) in [5, 5.41) is 6.68. The lowest BCUT2D eigenvalue weighted by molar-refractivity contribution is -0.136. The number of hydrogen-bond acceptors (Lipinski definition) is 3. The minimum Gasteiger partial charge on any atom is -0.466 e. The van der Waals surface area contributed by atoms with Crippen molar-refractivity contribution in [1.29, 1.82) is 0 Å². The Morgan fingerprint density at radius 2 is 2.00 bits per heavy atom. The first-order valence-corrected chi connectivity index (χ1v) is 7.43. The number of benzene rings is 1. The fourth-order valence-corrected chi connectivity index (χ4v) is 1.85. The topological polar surface area (TPSA) is 50.4 Å². The largest absolute Gasteiger partial charge is 0.466 e. The van der Waals surface area contributed by atoms with Gasteiger partial charge in [-0.15, -0.1) is 0 Å². The molecule has 114 valence electrons. The number of ether oxygens (including phenoxy) is 1. The molecule has 0 saturated heterocycles. The molecule has 0 heterocycles. The van der Waals surface area contributed by atoms with Crippen LogP contribution in [-0.4, -0.2) is 31.3 Å². The molecule has 1 aromatic carbocycles. The van der Waals surface area contributed by atoms with Gasteiger partial charge in [0, 0.05) is 13.1 Å². The van der Waals surface area contributed by atoms with Crippen LogP contribution in [0.5, 0.6) is 0 Å². The van der Waals surface area contributed by atoms with Gasteiger partial charge in [0.05, 0.1) is 12.7 Å². The zero-order valence-electron chi connectivity index (χ0n) is 12.5. The van der Waals surface area contributed by atoms with E-state index in [1.165, 1.54) is 7.11 Å². The van der Waals surface area contributed by atoms with E-state index in [9.17, 15) is 4.79 Å². The Morgan fingerprint density at radius 3 is 2.62 bits per heavy atom. The summed E-state index contributed by atoms with van der Waals surface area (Å²) in [5.41, 5.74) is 1.48. The first kappa shape index (κ1) is 17.2. The van der Waals surface area contributed by atoms with Crippen molar-refractivity contribution in [2.24, 2.45) is 0 Å². The van der Waals surface area contributed by atoms with Gasteiger partial charge >= 0.3 is 5.97 Å². The number of unbranched alkanes of at least 4 members (excludes halogenated alkanes) is 1. The van der Waals surface area contributed by atoms with E-state index >= 15 is 0 Å². The molecular weight excluding hydrogens is 284 g/mol. The molecule has 0 bridgehead atoms. The van der Waals surface area contributed by atoms with Gasteiger partial charge in [-0.05, 0) is 30.3 Å². The maximum Gasteiger partial charge on any atom is 0.335 e. The molecule has 0 atom stereocenters. The maximum atomic E-state index is 11.8. The van der Waals surface area contributed by atoms with Gasteiger partial charge in [0.2, 0.25) is 0 Å². The molecule has 2 N–H and O–H groups in total. The van der Waals surface area contributed by atoms with Crippen molar-refractivity contribution in [3.05, 3.63) is 41.5 Å². The maximum absolute atomic E-state index is 11.8. The van der Waals surface area contributed by atoms with Gasteiger partial charge in [0.1, 0.15) is 0 Å². The number of hydrogen-bond donors (Lipinski definition) is 2. The second-order valence-electron chi connectivity index (χ2n) is 4.53. The van der Waals surface area contributed by atoms with Crippen molar-refractivity contribution in [1.82, 2.24) is 10.6 Å². The smallest absolute Gasteiger partial charge is 0.335 e. The van der Waals surface area contributed by atoms with Crippen LogP contribution >= 0.6 is 12.2 Å². The Labute approximate surface area is 131 Å². The van der Waals surface area contributed by atoms with Gasteiger partial charge < -0.3 is 15.4 Å². The van der Waals surface area contributed by atoms with Crippen molar-refractivity contribution >= 4 is 29.4 Å². The van der Waals surface area contributed by atoms with Crippen LogP contribution in [0.2, 0.25) is 0 Å². The number of rotatable bonds is 7. The van der Waals surface area contributed by atoms with E-state index in [1.807, 2.05) is 30.3 Å². The van der Waals surface area contributed by atoms with E-state index in [1.54, 1.807) is 6.08 Å². The number of methoxy groups -OCH3 is 1. The molecule has 5 heteroatoms. The molecule has 0 aliphatic heterocycles. The van der Waals surface area contributed by atoms with Crippen LogP contribution in [0.4, 0.5) is 0 Å². The van der Waals surface area contributed by atoms with Crippen LogP contribution < -0.4 is 10.6 Å². The highest BCUT2D eigenvalue weighted by molar-refractivity contribution is 7.80. The molecule has 1 rings (SSSR count). The molecule has 0 radical (unpaired) electrons. The summed E-state index contributed by atoms with van der Waals surface area (Å²) in [7, 11) is 1.37. The fraction of sp³-hybridized carbons (Fsp3) is 0.375. The van der Waals surface area contributed by atoms with Gasteiger partial charge in [-0.1, -0.05) is 43.7 Å². The number of thiocarbonyl (C=S) groups is 1. The number of nitrogens with one attached hydrogen (secondary N) is 2. The summed E-state index contributed by atoms with van der Waals surface area (Å²) in [4.78, 5) is 11.8. The first-order chi connectivity index (χ1) is 10.2. The summed E-state index contributed by atoms with van der Waals surface area (Å²) in [6.45, 7) is 3.29. The standard InChI is InChI=1S/C16H22N2O2S/c1-3-4-10-17-16(21)18-12-14(15(19)20-2)11-13-8-6-5-7-9-13/h5-9,11H,3-4,10,12H2,1-2H3,(H2,17,18,21)/b14-11+. The van der Waals surface area contributed by atoms with Crippen molar-refractivity contribution in [3.8, 4) is 0 Å². The van der Waals surface area contributed by atoms with Gasteiger partial charge in [0.15, 0.2) is 5.11 Å². The van der Waals surface area contributed by atoms with Crippen LogP contribution in [0.1, 0.15) is 25.3 Å². The molecule has 0 aliphatic rings. The van der Waals surface area contributed by atoms with Crippen molar-refractivity contribution in [2.45, 2.75) is 19.8 Å². The van der Waals surface area contributed by atoms with E-state index < -0.39 is 0 Å². The first-order valence-electron chi connectivity index (χ1n) is 7.03. The van der Waals surface area contributed by atoms with Crippen LogP contribution in [-0.2, 0) is 9.53 Å². The minimum atomic E-state index is -0.359. The van der Waals surface area contributed by atoms with Crippen molar-refractivity contribution < 1.29 is 9.53 Å². The third kappa shape index (κ3) is 6.90. The molecular formula is C16H22N2O2S. The van der Waals surface area contributed by atoms with Crippen molar-refractivity contribution in [3.63, 3.8) is 0 Å². The summed E-state index contributed by atoms with van der Waals surface area (Å²) < 4.78 is 4.80. The Hall–Kier alpha value is -1.88. The zero-order chi connectivity index (χ0) is 15.5. The second kappa shape index (κ2) is 9.94. The molecule has 0 saturated carbocycles. The monoisotopic (exact) mass is 306 g/mol. The Balaban J connectivity index is 2.61. The lowest BCUT2D eigenvalue weighted by atomic mass is 10.1. The van der Waals surface area contributed by atoms with E-state index in [4.69, 9.17) is 17.0 Å². The van der Waals surface area contributed by atoms with Gasteiger partial charge in [0.25, 0.3) is 0 Å². The quantitative estimate of drug-likeness (QED) is 0.351. The average Bonchev–Trinajstić information content (AvgIpc) is 2.52. The number of carbonyl (C=O) groups is 1. The highest BCUT2D eigenvalue weighted by Gasteiger charge is 2.10. The summed E-state index contributed by atoms with van der Waals surface area (Å²) in [6, 6.07) is 9.64. The van der Waals surface area contributed by atoms with Crippen LogP contribution in [0, 0.1) is 0 Å². The Bertz CT molecular complexity index is 486. The molecule has 0 unspecified atom stereocenters. The van der Waals surface area contributed by atoms with Crippen LogP contribution in [0.25, 0.3) is 6.08 Å². The molecule has 21 heavy (non-hydrogen) atoms. The fourth-order valence-electron chi connectivity index (χ4n) is 1.68. The Kier molecular flexibility index (Phi) is 8.12. The summed E-state index contributed by atoms with van der Waals surface area (Å²) in [6.07, 6.45) is 3.97. The Morgan fingerprint density at radius 1 is 1.29 bits per heavy atom. The van der Waals surface area contributed by atoms with Gasteiger partial charge in [-0.3, -0.25) is 0 Å². The molecule has 0 spiro atoms. The minimum absolute atomic E-state index is 0.333. The van der Waals surface area contributed by atoms with Crippen LogP contribution in [0.15, 0.2) is 35.9 Å². The summed E-state index contributed by atoms with van der Waals surface area (Å²) >= 11 is 5.17. The van der Waals surface area contributed by atoms with Crippen LogP contribution in [0.3, 0.4) is 0 Å². The average molecular weight is 306 g/mol. The third-order valence-electron chi connectivity index (χ3n) is 2.84. The third-order valence-corrected chi connectivity index (χ3v) is 3.13. The van der Waals surface area contributed by atoms with Crippen molar-refractivity contribution in [2.75, 3.05) is 20.2 Å². The molecule has 1 aromatic rings. The molecule has 0 amide bonds. The molecule has 0 fully saturated rings. The molecule has 0 aliphatic carbocycles. The zero-order valence-corrected chi connectivity index (χ0v) is 13.3. The predicted molar refractivity (Wildman–Crippen MR) is 89.9 cm³/mol. The van der Waals surface area contributed by atoms with E-state index in [2.05, 4.69) is 17.6 Å². The molecule has 0 aromatic heterocycles. The number of carbonyl (C=O) groups excluding carboxylic acids is 1. The normalized spacial score (nSPS) is 10.9. The lowest BCUT2D eigenvalue weighted by Crippen LogP contribution is -2.37. The van der Waals surface area contributed by atoms with E-state index in [0.717, 1.165) is 24.9 Å². The van der Waals surface area contributed by atoms with Gasteiger partial charge in [-0.2, -0.15) is 0 Å². The highest BCUT2D eigenvalue weighted by Crippen LogP contribution is 2.07. The SMILES string of the molecule is CCCCNC(=S)NC/C(=C\c1ccccc1)C(=O)OC. The van der Waals surface area contributed by atoms with Gasteiger partial charge in [-0.25, -0.2) is 4.79 Å². The lowest BCUT2D eigenvalue weighted by Gasteiger charge is -2.11. The van der Waals surface area contributed by atoms with E-state index in [0.29, 0.717) is 17.2 Å². The predicted octanol–water partition coefficient (Wildman–Crippen LogP) is 2.51. The molecule has 4 nitrogen and oxygen atoms in total. The van der Waals surface area contributed by atoms with E-state index in [-0.39, 0.29) is 5.97 Å². The highest BCUT2D eigenvalue weighted by atomic mass is 32.1.